The van der Waals surface area contributed by atoms with Gasteiger partial charge in [-0.25, -0.2) is 14.8 Å². The van der Waals surface area contributed by atoms with Gasteiger partial charge in [0.25, 0.3) is 0 Å². The maximum absolute atomic E-state index is 12.1. The Bertz CT molecular complexity index is 939. The van der Waals surface area contributed by atoms with E-state index in [0.29, 0.717) is 21.1 Å². The molecular formula is C16H13N3O3S2. The number of ether oxygens (including phenoxy) is 1. The van der Waals surface area contributed by atoms with E-state index in [0.717, 1.165) is 16.9 Å². The van der Waals surface area contributed by atoms with Crippen LogP contribution in [0.4, 0.5) is 5.69 Å². The topological polar surface area (TPSA) is 95.2 Å². The van der Waals surface area contributed by atoms with E-state index in [-0.39, 0.29) is 10.6 Å². The van der Waals surface area contributed by atoms with Crippen molar-refractivity contribution in [1.29, 1.82) is 0 Å². The highest BCUT2D eigenvalue weighted by Crippen LogP contribution is 2.39. The standard InChI is InChI=1S/C16H13N3O3S2/c1-8(20)22-15(21)13-11(17)10-12(9-6-4-3-5-7-9)18-16(23-2)19-14(10)24-13/h3-7H,17H2,1-2H3. The Hall–Kier alpha value is -2.45. The van der Waals surface area contributed by atoms with Crippen molar-refractivity contribution in [3.8, 4) is 11.3 Å². The van der Waals surface area contributed by atoms with Gasteiger partial charge in [-0.05, 0) is 6.26 Å². The van der Waals surface area contributed by atoms with Crippen molar-refractivity contribution >= 4 is 50.9 Å². The third-order valence-electron chi connectivity index (χ3n) is 3.22. The Morgan fingerprint density at radius 2 is 1.92 bits per heavy atom. The molecule has 0 amide bonds. The van der Waals surface area contributed by atoms with Gasteiger partial charge < -0.3 is 10.5 Å². The molecule has 0 aliphatic rings. The minimum absolute atomic E-state index is 0.157. The molecule has 2 heterocycles. The van der Waals surface area contributed by atoms with E-state index in [4.69, 9.17) is 5.73 Å². The monoisotopic (exact) mass is 359 g/mol. The summed E-state index contributed by atoms with van der Waals surface area (Å²) in [4.78, 5) is 32.8. The predicted octanol–water partition coefficient (Wildman–Crippen LogP) is 3.37. The number of rotatable bonds is 3. The summed E-state index contributed by atoms with van der Waals surface area (Å²) in [5.41, 5.74) is 7.91. The fourth-order valence-electron chi connectivity index (χ4n) is 2.23. The quantitative estimate of drug-likeness (QED) is 0.331. The number of benzene rings is 1. The SMILES string of the molecule is CSc1nc(-c2ccccc2)c2c(N)c(C(=O)OC(C)=O)sc2n1. The highest BCUT2D eigenvalue weighted by molar-refractivity contribution is 7.98. The highest BCUT2D eigenvalue weighted by atomic mass is 32.2. The third-order valence-corrected chi connectivity index (χ3v) is 4.85. The summed E-state index contributed by atoms with van der Waals surface area (Å²) >= 11 is 2.50. The summed E-state index contributed by atoms with van der Waals surface area (Å²) in [5.74, 6) is -1.45. The molecule has 0 spiro atoms. The van der Waals surface area contributed by atoms with E-state index in [1.165, 1.54) is 18.7 Å². The second kappa shape index (κ2) is 6.58. The zero-order valence-corrected chi connectivity index (χ0v) is 14.5. The molecule has 0 saturated heterocycles. The summed E-state index contributed by atoms with van der Waals surface area (Å²) in [5, 5.41) is 1.17. The second-order valence-corrected chi connectivity index (χ2v) is 6.60. The average Bonchev–Trinajstić information content (AvgIpc) is 2.91. The minimum Gasteiger partial charge on any atom is -0.397 e. The Morgan fingerprint density at radius 1 is 1.21 bits per heavy atom. The molecule has 0 fully saturated rings. The van der Waals surface area contributed by atoms with Gasteiger partial charge in [0, 0.05) is 12.5 Å². The van der Waals surface area contributed by atoms with E-state index >= 15 is 0 Å². The number of thiophene rings is 1. The number of carbonyl (C=O) groups excluding carboxylic acids is 2. The first kappa shape index (κ1) is 16.4. The number of hydrogen-bond donors (Lipinski definition) is 1. The van der Waals surface area contributed by atoms with Crippen molar-refractivity contribution in [2.24, 2.45) is 0 Å². The van der Waals surface area contributed by atoms with Crippen LogP contribution < -0.4 is 5.73 Å². The van der Waals surface area contributed by atoms with Gasteiger partial charge in [0.1, 0.15) is 9.71 Å². The van der Waals surface area contributed by atoms with Gasteiger partial charge in [0.15, 0.2) is 5.16 Å². The second-order valence-electron chi connectivity index (χ2n) is 4.83. The van der Waals surface area contributed by atoms with Gasteiger partial charge in [-0.15, -0.1) is 11.3 Å². The van der Waals surface area contributed by atoms with Crippen molar-refractivity contribution in [2.75, 3.05) is 12.0 Å². The van der Waals surface area contributed by atoms with Crippen LogP contribution in [0.1, 0.15) is 16.6 Å². The van der Waals surface area contributed by atoms with Crippen LogP contribution in [0.25, 0.3) is 21.5 Å². The Morgan fingerprint density at radius 3 is 2.54 bits per heavy atom. The number of nitrogen functional groups attached to an aromatic ring is 1. The molecule has 2 aromatic heterocycles. The zero-order valence-electron chi connectivity index (χ0n) is 12.9. The van der Waals surface area contributed by atoms with Crippen LogP contribution in [0, 0.1) is 0 Å². The maximum Gasteiger partial charge on any atom is 0.358 e. The summed E-state index contributed by atoms with van der Waals surface area (Å²) < 4.78 is 4.65. The number of nitrogens with zero attached hydrogens (tertiary/aromatic N) is 2. The first-order valence-corrected chi connectivity index (χ1v) is 8.97. The van der Waals surface area contributed by atoms with Gasteiger partial charge >= 0.3 is 11.9 Å². The van der Waals surface area contributed by atoms with Gasteiger partial charge in [0.2, 0.25) is 0 Å². The third kappa shape index (κ3) is 2.98. The van der Waals surface area contributed by atoms with E-state index < -0.39 is 11.9 Å². The molecule has 0 radical (unpaired) electrons. The lowest BCUT2D eigenvalue weighted by Crippen LogP contribution is -2.09. The molecule has 3 aromatic rings. The van der Waals surface area contributed by atoms with Crippen molar-refractivity contribution < 1.29 is 14.3 Å². The molecule has 3 rings (SSSR count). The number of carbonyl (C=O) groups is 2. The summed E-state index contributed by atoms with van der Waals surface area (Å²) in [7, 11) is 0. The van der Waals surface area contributed by atoms with E-state index in [2.05, 4.69) is 14.7 Å². The summed E-state index contributed by atoms with van der Waals surface area (Å²) in [6.45, 7) is 1.17. The maximum atomic E-state index is 12.1. The molecule has 0 atom stereocenters. The van der Waals surface area contributed by atoms with Crippen LogP contribution in [0.2, 0.25) is 0 Å². The lowest BCUT2D eigenvalue weighted by Gasteiger charge is -2.05. The Labute approximate surface area is 146 Å². The highest BCUT2D eigenvalue weighted by Gasteiger charge is 2.23. The summed E-state index contributed by atoms with van der Waals surface area (Å²) in [6.07, 6.45) is 1.87. The lowest BCUT2D eigenvalue weighted by atomic mass is 10.1. The Balaban J connectivity index is 2.26. The molecule has 2 N–H and O–H groups in total. The number of nitrogens with two attached hydrogens (primary N) is 1. The van der Waals surface area contributed by atoms with Crippen molar-refractivity contribution in [3.63, 3.8) is 0 Å². The fourth-order valence-corrected chi connectivity index (χ4v) is 3.62. The van der Waals surface area contributed by atoms with E-state index in [9.17, 15) is 9.59 Å². The predicted molar refractivity (Wildman–Crippen MR) is 95.1 cm³/mol. The van der Waals surface area contributed by atoms with Gasteiger partial charge in [-0.2, -0.15) is 0 Å². The number of hydrogen-bond acceptors (Lipinski definition) is 8. The molecule has 1 aromatic carbocycles. The molecule has 6 nitrogen and oxygen atoms in total. The van der Waals surface area contributed by atoms with E-state index in [1.54, 1.807) is 0 Å². The minimum atomic E-state index is -0.771. The molecule has 0 bridgehead atoms. The lowest BCUT2D eigenvalue weighted by molar-refractivity contribution is -0.135. The molecule has 122 valence electrons. The first-order valence-electron chi connectivity index (χ1n) is 6.93. The molecule has 0 saturated carbocycles. The van der Waals surface area contributed by atoms with Gasteiger partial charge in [-0.3, -0.25) is 4.79 Å². The van der Waals surface area contributed by atoms with Crippen molar-refractivity contribution in [1.82, 2.24) is 9.97 Å². The number of fused-ring (bicyclic) bond motifs is 1. The molecule has 0 aliphatic carbocycles. The Kier molecular flexibility index (Phi) is 4.50. The van der Waals surface area contributed by atoms with Crippen molar-refractivity contribution in [2.45, 2.75) is 12.1 Å². The molecule has 24 heavy (non-hydrogen) atoms. The molecule has 0 aliphatic heterocycles. The molecular weight excluding hydrogens is 346 g/mol. The number of anilines is 1. The molecule has 0 unspecified atom stereocenters. The first-order chi connectivity index (χ1) is 11.5. The number of aromatic nitrogens is 2. The molecule has 8 heteroatoms. The van der Waals surface area contributed by atoms with Gasteiger partial charge in [-0.1, -0.05) is 42.1 Å². The van der Waals surface area contributed by atoms with Crippen LogP contribution in [0.5, 0.6) is 0 Å². The fraction of sp³-hybridized carbons (Fsp3) is 0.125. The largest absolute Gasteiger partial charge is 0.397 e. The van der Waals surface area contributed by atoms with Crippen LogP contribution in [0.3, 0.4) is 0 Å². The van der Waals surface area contributed by atoms with Crippen LogP contribution >= 0.6 is 23.1 Å². The smallest absolute Gasteiger partial charge is 0.358 e. The number of thioether (sulfide) groups is 1. The van der Waals surface area contributed by atoms with Crippen LogP contribution in [-0.2, 0) is 9.53 Å². The average molecular weight is 359 g/mol. The van der Waals surface area contributed by atoms with Crippen molar-refractivity contribution in [3.05, 3.63) is 35.2 Å². The van der Waals surface area contributed by atoms with Crippen LogP contribution in [0.15, 0.2) is 35.5 Å². The zero-order chi connectivity index (χ0) is 17.3. The summed E-state index contributed by atoms with van der Waals surface area (Å²) in [6, 6.07) is 9.53. The van der Waals surface area contributed by atoms with Crippen LogP contribution in [-0.4, -0.2) is 28.2 Å². The van der Waals surface area contributed by atoms with Gasteiger partial charge in [0.05, 0.1) is 16.8 Å². The van der Waals surface area contributed by atoms with E-state index in [1.807, 2.05) is 36.6 Å². The number of esters is 2. The normalized spacial score (nSPS) is 10.8.